The molecule has 148 valence electrons. The van der Waals surface area contributed by atoms with Gasteiger partial charge in [0.2, 0.25) is 0 Å². The number of para-hydroxylation sites is 2. The number of anilines is 2. The lowest BCUT2D eigenvalue weighted by atomic mass is 10.1. The molecule has 2 fully saturated rings. The minimum Gasteiger partial charge on any atom is -0.495 e. The Morgan fingerprint density at radius 1 is 0.929 bits per heavy atom. The first kappa shape index (κ1) is 18.6. The van der Waals surface area contributed by atoms with Crippen LogP contribution < -0.4 is 14.5 Å². The van der Waals surface area contributed by atoms with Crippen LogP contribution in [0, 0.1) is 0 Å². The maximum Gasteiger partial charge on any atom is 0.255 e. The van der Waals surface area contributed by atoms with Gasteiger partial charge in [0, 0.05) is 45.5 Å². The normalized spacial score (nSPS) is 17.5. The summed E-state index contributed by atoms with van der Waals surface area (Å²) in [6.07, 6.45) is 6.99. The van der Waals surface area contributed by atoms with Crippen LogP contribution in [0.1, 0.15) is 29.6 Å². The Hall–Kier alpha value is -2.76. The van der Waals surface area contributed by atoms with Crippen LogP contribution in [-0.2, 0) is 0 Å². The van der Waals surface area contributed by atoms with Gasteiger partial charge < -0.3 is 19.4 Å². The van der Waals surface area contributed by atoms with E-state index in [4.69, 9.17) is 4.74 Å². The Morgan fingerprint density at radius 3 is 2.39 bits per heavy atom. The van der Waals surface area contributed by atoms with Crippen molar-refractivity contribution in [3.8, 4) is 5.75 Å². The Labute approximate surface area is 166 Å². The molecule has 2 saturated heterocycles. The summed E-state index contributed by atoms with van der Waals surface area (Å²) in [6, 6.07) is 10.1. The second kappa shape index (κ2) is 8.50. The maximum atomic E-state index is 12.8. The van der Waals surface area contributed by atoms with Gasteiger partial charge >= 0.3 is 0 Å². The SMILES string of the molecule is COc1ccccc1N1CCN(c2cncc(C(=O)N3CCCCC3)c2)CC1. The van der Waals surface area contributed by atoms with Crippen LogP contribution in [0.3, 0.4) is 0 Å². The first-order chi connectivity index (χ1) is 13.8. The van der Waals surface area contributed by atoms with Crippen LogP contribution in [0.5, 0.6) is 5.75 Å². The minimum absolute atomic E-state index is 0.113. The highest BCUT2D eigenvalue weighted by Crippen LogP contribution is 2.29. The van der Waals surface area contributed by atoms with Crippen LogP contribution in [0.25, 0.3) is 0 Å². The molecule has 6 nitrogen and oxygen atoms in total. The van der Waals surface area contributed by atoms with E-state index in [0.717, 1.165) is 69.2 Å². The van der Waals surface area contributed by atoms with E-state index < -0.39 is 0 Å². The smallest absolute Gasteiger partial charge is 0.255 e. The molecule has 0 spiro atoms. The third kappa shape index (κ3) is 3.91. The molecule has 3 heterocycles. The summed E-state index contributed by atoms with van der Waals surface area (Å²) in [6.45, 7) is 5.32. The number of benzene rings is 1. The number of pyridine rings is 1. The largest absolute Gasteiger partial charge is 0.495 e. The van der Waals surface area contributed by atoms with Gasteiger partial charge in [-0.15, -0.1) is 0 Å². The summed E-state index contributed by atoms with van der Waals surface area (Å²) in [7, 11) is 1.71. The fraction of sp³-hybridized carbons (Fsp3) is 0.455. The third-order valence-electron chi connectivity index (χ3n) is 5.68. The molecule has 0 bridgehead atoms. The highest BCUT2D eigenvalue weighted by atomic mass is 16.5. The number of nitrogens with zero attached hydrogens (tertiary/aromatic N) is 4. The van der Waals surface area contributed by atoms with Crippen molar-refractivity contribution in [2.24, 2.45) is 0 Å². The van der Waals surface area contributed by atoms with Crippen molar-refractivity contribution in [1.29, 1.82) is 0 Å². The molecule has 0 radical (unpaired) electrons. The molecular weight excluding hydrogens is 352 g/mol. The monoisotopic (exact) mass is 380 g/mol. The lowest BCUT2D eigenvalue weighted by Gasteiger charge is -2.37. The van der Waals surface area contributed by atoms with Crippen LogP contribution in [0.2, 0.25) is 0 Å². The van der Waals surface area contributed by atoms with E-state index in [1.807, 2.05) is 35.4 Å². The van der Waals surface area contributed by atoms with Gasteiger partial charge in [0.15, 0.2) is 0 Å². The zero-order valence-electron chi connectivity index (χ0n) is 16.5. The van der Waals surface area contributed by atoms with Gasteiger partial charge in [0.05, 0.1) is 30.2 Å². The number of methoxy groups -OCH3 is 1. The fourth-order valence-corrected chi connectivity index (χ4v) is 4.09. The molecule has 0 atom stereocenters. The summed E-state index contributed by atoms with van der Waals surface area (Å²) in [5.41, 5.74) is 2.87. The second-order valence-electron chi connectivity index (χ2n) is 7.43. The average molecular weight is 380 g/mol. The van der Waals surface area contributed by atoms with Crippen molar-refractivity contribution in [1.82, 2.24) is 9.88 Å². The first-order valence-corrected chi connectivity index (χ1v) is 10.1. The van der Waals surface area contributed by atoms with Crippen molar-refractivity contribution in [3.63, 3.8) is 0 Å². The van der Waals surface area contributed by atoms with Crippen molar-refractivity contribution < 1.29 is 9.53 Å². The molecule has 1 aromatic heterocycles. The third-order valence-corrected chi connectivity index (χ3v) is 5.68. The highest BCUT2D eigenvalue weighted by Gasteiger charge is 2.22. The van der Waals surface area contributed by atoms with Crippen LogP contribution in [0.4, 0.5) is 11.4 Å². The second-order valence-corrected chi connectivity index (χ2v) is 7.43. The van der Waals surface area contributed by atoms with E-state index in [2.05, 4.69) is 20.9 Å². The molecule has 28 heavy (non-hydrogen) atoms. The van der Waals surface area contributed by atoms with Gasteiger partial charge in [-0.1, -0.05) is 12.1 Å². The van der Waals surface area contributed by atoms with Crippen molar-refractivity contribution >= 4 is 17.3 Å². The number of amides is 1. The number of aromatic nitrogens is 1. The van der Waals surface area contributed by atoms with Crippen molar-refractivity contribution in [2.45, 2.75) is 19.3 Å². The molecule has 1 amide bonds. The topological polar surface area (TPSA) is 48.9 Å². The maximum absolute atomic E-state index is 12.8. The van der Waals surface area contributed by atoms with Crippen molar-refractivity contribution in [3.05, 3.63) is 48.3 Å². The molecule has 0 N–H and O–H groups in total. The van der Waals surface area contributed by atoms with Crippen LogP contribution >= 0.6 is 0 Å². The lowest BCUT2D eigenvalue weighted by molar-refractivity contribution is 0.0724. The molecular formula is C22H28N4O2. The summed E-state index contributed by atoms with van der Waals surface area (Å²) < 4.78 is 5.50. The van der Waals surface area contributed by atoms with E-state index in [1.54, 1.807) is 13.3 Å². The number of hydrogen-bond donors (Lipinski definition) is 0. The summed E-state index contributed by atoms with van der Waals surface area (Å²) in [5.74, 6) is 1.02. The van der Waals surface area contributed by atoms with Gasteiger partial charge in [0.25, 0.3) is 5.91 Å². The van der Waals surface area contributed by atoms with Crippen LogP contribution in [-0.4, -0.2) is 62.2 Å². The summed E-state index contributed by atoms with van der Waals surface area (Å²) in [5, 5.41) is 0. The van der Waals surface area contributed by atoms with Gasteiger partial charge in [-0.2, -0.15) is 0 Å². The van der Waals surface area contributed by atoms with Crippen molar-refractivity contribution in [2.75, 3.05) is 56.2 Å². The Bertz CT molecular complexity index is 812. The van der Waals surface area contributed by atoms with E-state index in [0.29, 0.717) is 5.56 Å². The molecule has 0 saturated carbocycles. The van der Waals surface area contributed by atoms with Crippen LogP contribution in [0.15, 0.2) is 42.7 Å². The number of likely N-dealkylation sites (tertiary alicyclic amines) is 1. The zero-order valence-corrected chi connectivity index (χ0v) is 16.5. The minimum atomic E-state index is 0.113. The highest BCUT2D eigenvalue weighted by molar-refractivity contribution is 5.94. The van der Waals surface area contributed by atoms with Gasteiger partial charge in [0.1, 0.15) is 5.75 Å². The van der Waals surface area contributed by atoms with Gasteiger partial charge in [-0.25, -0.2) is 0 Å². The zero-order chi connectivity index (χ0) is 19.3. The molecule has 6 heteroatoms. The summed E-state index contributed by atoms with van der Waals surface area (Å²) in [4.78, 5) is 23.8. The number of carbonyl (C=O) groups is 1. The number of ether oxygens (including phenoxy) is 1. The number of piperidine rings is 1. The lowest BCUT2D eigenvalue weighted by Crippen LogP contribution is -2.46. The summed E-state index contributed by atoms with van der Waals surface area (Å²) >= 11 is 0. The Morgan fingerprint density at radius 2 is 1.64 bits per heavy atom. The Balaban J connectivity index is 1.43. The van der Waals surface area contributed by atoms with E-state index >= 15 is 0 Å². The Kier molecular flexibility index (Phi) is 5.65. The average Bonchev–Trinajstić information content (AvgIpc) is 2.79. The molecule has 1 aromatic carbocycles. The predicted octanol–water partition coefficient (Wildman–Crippen LogP) is 3.04. The van der Waals surface area contributed by atoms with E-state index in [9.17, 15) is 4.79 Å². The number of hydrogen-bond acceptors (Lipinski definition) is 5. The predicted molar refractivity (Wildman–Crippen MR) is 111 cm³/mol. The number of piperazine rings is 1. The van der Waals surface area contributed by atoms with E-state index in [-0.39, 0.29) is 5.91 Å². The van der Waals surface area contributed by atoms with E-state index in [1.165, 1.54) is 6.42 Å². The number of carbonyl (C=O) groups excluding carboxylic acids is 1. The van der Waals surface area contributed by atoms with Gasteiger partial charge in [-0.3, -0.25) is 9.78 Å². The molecule has 2 aromatic rings. The number of rotatable bonds is 4. The standard InChI is InChI=1S/C22H28N4O2/c1-28-21-8-4-3-7-20(21)25-13-11-24(12-14-25)19-15-18(16-23-17-19)22(27)26-9-5-2-6-10-26/h3-4,7-8,15-17H,2,5-6,9-14H2,1H3. The quantitative estimate of drug-likeness (QED) is 0.816. The van der Waals surface area contributed by atoms with Gasteiger partial charge in [-0.05, 0) is 37.5 Å². The molecule has 0 unspecified atom stereocenters. The fourth-order valence-electron chi connectivity index (χ4n) is 4.09. The molecule has 2 aliphatic heterocycles. The molecule has 2 aliphatic rings. The molecule has 4 rings (SSSR count). The molecule has 0 aliphatic carbocycles. The first-order valence-electron chi connectivity index (χ1n) is 10.1.